The maximum Gasteiger partial charge on any atom is 0.252 e. The molecule has 1 amide bonds. The second-order valence-electron chi connectivity index (χ2n) is 9.84. The highest BCUT2D eigenvalue weighted by Gasteiger charge is 2.43. The van der Waals surface area contributed by atoms with Gasteiger partial charge in [0, 0.05) is 48.0 Å². The molecule has 4 rings (SSSR count). The summed E-state index contributed by atoms with van der Waals surface area (Å²) in [6, 6.07) is 3.33. The number of hydrogen-bond acceptors (Lipinski definition) is 5. The van der Waals surface area contributed by atoms with E-state index >= 15 is 0 Å². The average Bonchev–Trinajstić information content (AvgIpc) is 2.74. The number of aromatic hydroxyl groups is 1. The van der Waals surface area contributed by atoms with E-state index in [1.807, 2.05) is 11.8 Å². The number of phenols is 1. The number of ether oxygens (including phenoxy) is 1. The van der Waals surface area contributed by atoms with E-state index in [1.165, 1.54) is 7.11 Å². The first-order chi connectivity index (χ1) is 15.1. The van der Waals surface area contributed by atoms with Gasteiger partial charge in [-0.2, -0.15) is 0 Å². The van der Waals surface area contributed by atoms with Crippen LogP contribution >= 0.6 is 11.6 Å². The minimum absolute atomic E-state index is 0.0355. The number of methoxy groups -OCH3 is 1. The number of benzene rings is 1. The van der Waals surface area contributed by atoms with Crippen molar-refractivity contribution in [1.29, 1.82) is 0 Å². The van der Waals surface area contributed by atoms with Crippen molar-refractivity contribution >= 4 is 23.3 Å². The van der Waals surface area contributed by atoms with E-state index in [0.29, 0.717) is 23.1 Å². The van der Waals surface area contributed by atoms with Gasteiger partial charge >= 0.3 is 0 Å². The fraction of sp³-hybridized carbons (Fsp3) is 0.520. The van der Waals surface area contributed by atoms with Crippen molar-refractivity contribution in [2.75, 3.05) is 20.2 Å². The molecule has 1 atom stereocenters. The SMILES string of the molecule is COc1cc([C@H]2C(C(=O)N3CCCCC3)=C(C)NC3=C2C(=O)CC(C)(C)C3)cc(Cl)c1O. The number of dihydropyridines is 1. The molecule has 1 aliphatic carbocycles. The summed E-state index contributed by atoms with van der Waals surface area (Å²) in [5.41, 5.74) is 3.34. The Morgan fingerprint density at radius 3 is 2.56 bits per heavy atom. The number of halogens is 1. The molecule has 172 valence electrons. The molecule has 0 unspecified atom stereocenters. The quantitative estimate of drug-likeness (QED) is 0.688. The van der Waals surface area contributed by atoms with Gasteiger partial charge in [-0.25, -0.2) is 0 Å². The molecule has 0 radical (unpaired) electrons. The normalized spacial score (nSPS) is 23.1. The van der Waals surface area contributed by atoms with Crippen LogP contribution in [0.4, 0.5) is 0 Å². The van der Waals surface area contributed by atoms with Crippen LogP contribution in [0.1, 0.15) is 64.4 Å². The number of hydrogen-bond donors (Lipinski definition) is 2. The third kappa shape index (κ3) is 4.01. The van der Waals surface area contributed by atoms with E-state index in [0.717, 1.165) is 50.2 Å². The van der Waals surface area contributed by atoms with E-state index in [2.05, 4.69) is 19.2 Å². The lowest BCUT2D eigenvalue weighted by molar-refractivity contribution is -0.128. The Hall–Kier alpha value is -2.47. The summed E-state index contributed by atoms with van der Waals surface area (Å²) in [5, 5.41) is 13.8. The topological polar surface area (TPSA) is 78.9 Å². The van der Waals surface area contributed by atoms with E-state index in [1.54, 1.807) is 12.1 Å². The number of allylic oxidation sites excluding steroid dienone is 3. The molecule has 2 heterocycles. The number of phenolic OH excluding ortho intramolecular Hbond substituents is 1. The lowest BCUT2D eigenvalue weighted by atomic mass is 9.68. The molecule has 0 aromatic heterocycles. The Balaban J connectivity index is 1.89. The number of ketones is 1. The predicted octanol–water partition coefficient (Wildman–Crippen LogP) is 4.67. The van der Waals surface area contributed by atoms with E-state index in [-0.39, 0.29) is 33.6 Å². The second-order valence-corrected chi connectivity index (χ2v) is 10.2. The number of piperidine rings is 1. The van der Waals surface area contributed by atoms with Crippen LogP contribution in [0.25, 0.3) is 0 Å². The number of nitrogens with zero attached hydrogens (tertiary/aromatic N) is 1. The second kappa shape index (κ2) is 8.47. The van der Waals surface area contributed by atoms with Crippen LogP contribution in [0.15, 0.2) is 34.7 Å². The van der Waals surface area contributed by atoms with Gasteiger partial charge in [0.1, 0.15) is 0 Å². The average molecular weight is 459 g/mol. The third-order valence-electron chi connectivity index (χ3n) is 6.72. The van der Waals surface area contributed by atoms with Crippen LogP contribution in [0.2, 0.25) is 5.02 Å². The van der Waals surface area contributed by atoms with Crippen molar-refractivity contribution in [1.82, 2.24) is 10.2 Å². The highest BCUT2D eigenvalue weighted by Crippen LogP contribution is 2.49. The van der Waals surface area contributed by atoms with Crippen molar-refractivity contribution in [2.45, 2.75) is 58.8 Å². The fourth-order valence-electron chi connectivity index (χ4n) is 5.24. The van der Waals surface area contributed by atoms with Gasteiger partial charge in [-0.05, 0) is 55.7 Å². The van der Waals surface area contributed by atoms with E-state index < -0.39 is 5.92 Å². The maximum atomic E-state index is 13.7. The molecule has 1 aromatic carbocycles. The summed E-state index contributed by atoms with van der Waals surface area (Å²) < 4.78 is 5.33. The molecule has 2 N–H and O–H groups in total. The van der Waals surface area contributed by atoms with Crippen LogP contribution in [0.5, 0.6) is 11.5 Å². The standard InChI is InChI=1S/C25H31ClN2O4/c1-14-20(24(31)28-8-6-5-7-9-28)21(15-10-16(26)23(30)19(11-15)32-4)22-17(27-14)12-25(2,3)13-18(22)29/h10-11,21,27,30H,5-9,12-13H2,1-4H3/t21-/m0/s1. The zero-order valence-corrected chi connectivity index (χ0v) is 19.9. The molecule has 6 nitrogen and oxygen atoms in total. The molecule has 3 aliphatic rings. The van der Waals surface area contributed by atoms with Gasteiger partial charge in [0.05, 0.1) is 12.1 Å². The molecule has 0 spiro atoms. The number of Topliss-reactive ketones (excluding diaryl/α,β-unsaturated/α-hetero) is 1. The molecule has 1 fully saturated rings. The summed E-state index contributed by atoms with van der Waals surface area (Å²) in [6.07, 6.45) is 4.22. The third-order valence-corrected chi connectivity index (χ3v) is 7.01. The number of likely N-dealkylation sites (tertiary alicyclic amines) is 1. The van der Waals surface area contributed by atoms with Gasteiger partial charge in [0.2, 0.25) is 0 Å². The summed E-state index contributed by atoms with van der Waals surface area (Å²) in [7, 11) is 1.46. The summed E-state index contributed by atoms with van der Waals surface area (Å²) in [6.45, 7) is 7.50. The fourth-order valence-corrected chi connectivity index (χ4v) is 5.46. The first-order valence-corrected chi connectivity index (χ1v) is 11.6. The minimum Gasteiger partial charge on any atom is -0.503 e. The maximum absolute atomic E-state index is 13.7. The molecule has 2 aliphatic heterocycles. The van der Waals surface area contributed by atoms with Crippen LogP contribution in [0, 0.1) is 5.41 Å². The van der Waals surface area contributed by atoms with Gasteiger partial charge in [-0.1, -0.05) is 25.4 Å². The Morgan fingerprint density at radius 1 is 1.22 bits per heavy atom. The van der Waals surface area contributed by atoms with Crippen LogP contribution in [-0.2, 0) is 9.59 Å². The Kier molecular flexibility index (Phi) is 6.01. The summed E-state index contributed by atoms with van der Waals surface area (Å²) in [5.74, 6) is -0.502. The number of rotatable bonds is 3. The Labute approximate surface area is 194 Å². The van der Waals surface area contributed by atoms with Gasteiger partial charge in [0.25, 0.3) is 5.91 Å². The lowest BCUT2D eigenvalue weighted by Gasteiger charge is -2.41. The zero-order valence-electron chi connectivity index (χ0n) is 19.2. The highest BCUT2D eigenvalue weighted by molar-refractivity contribution is 6.32. The van der Waals surface area contributed by atoms with E-state index in [9.17, 15) is 14.7 Å². The van der Waals surface area contributed by atoms with E-state index in [4.69, 9.17) is 16.3 Å². The minimum atomic E-state index is -0.559. The smallest absolute Gasteiger partial charge is 0.252 e. The van der Waals surface area contributed by atoms with Crippen molar-refractivity contribution in [2.24, 2.45) is 5.41 Å². The van der Waals surface area contributed by atoms with Crippen molar-refractivity contribution in [3.8, 4) is 11.5 Å². The van der Waals surface area contributed by atoms with Crippen LogP contribution in [0.3, 0.4) is 0 Å². The number of amides is 1. The van der Waals surface area contributed by atoms with Gasteiger partial charge in [-0.15, -0.1) is 0 Å². The lowest BCUT2D eigenvalue weighted by Crippen LogP contribution is -2.43. The predicted molar refractivity (Wildman–Crippen MR) is 124 cm³/mol. The van der Waals surface area contributed by atoms with Gasteiger partial charge in [-0.3, -0.25) is 9.59 Å². The number of nitrogens with one attached hydrogen (secondary N) is 1. The number of carbonyl (C=O) groups is 2. The zero-order chi connectivity index (χ0) is 23.2. The Bertz CT molecular complexity index is 1030. The van der Waals surface area contributed by atoms with Gasteiger partial charge < -0.3 is 20.1 Å². The molecule has 1 saturated heterocycles. The first-order valence-electron chi connectivity index (χ1n) is 11.2. The highest BCUT2D eigenvalue weighted by atomic mass is 35.5. The molecule has 0 bridgehead atoms. The largest absolute Gasteiger partial charge is 0.503 e. The van der Waals surface area contributed by atoms with Gasteiger partial charge in [0.15, 0.2) is 17.3 Å². The molecular weight excluding hydrogens is 428 g/mol. The molecule has 32 heavy (non-hydrogen) atoms. The Morgan fingerprint density at radius 2 is 1.91 bits per heavy atom. The summed E-state index contributed by atoms with van der Waals surface area (Å²) in [4.78, 5) is 29.1. The molecule has 1 aromatic rings. The molecule has 7 heteroatoms. The van der Waals surface area contributed by atoms with Crippen LogP contribution in [-0.4, -0.2) is 41.9 Å². The van der Waals surface area contributed by atoms with Crippen molar-refractivity contribution < 1.29 is 19.4 Å². The molecular formula is C25H31ClN2O4. The number of carbonyl (C=O) groups excluding carboxylic acids is 2. The van der Waals surface area contributed by atoms with Crippen molar-refractivity contribution in [3.05, 3.63) is 45.3 Å². The first kappa shape index (κ1) is 22.7. The van der Waals surface area contributed by atoms with Crippen molar-refractivity contribution in [3.63, 3.8) is 0 Å². The summed E-state index contributed by atoms with van der Waals surface area (Å²) >= 11 is 6.33. The van der Waals surface area contributed by atoms with Crippen LogP contribution < -0.4 is 10.1 Å². The molecule has 0 saturated carbocycles. The monoisotopic (exact) mass is 458 g/mol.